The molecule has 1 aliphatic heterocycles. The Morgan fingerprint density at radius 1 is 1.35 bits per heavy atom. The fourth-order valence-electron chi connectivity index (χ4n) is 2.66. The normalized spacial score (nSPS) is 16.8. The second-order valence-corrected chi connectivity index (χ2v) is 6.75. The summed E-state index contributed by atoms with van der Waals surface area (Å²) in [6.45, 7) is 4.13. The van der Waals surface area contributed by atoms with Crippen LogP contribution in [0.5, 0.6) is 0 Å². The molecule has 4 heteroatoms. The highest BCUT2D eigenvalue weighted by Gasteiger charge is 2.20. The molecule has 0 spiro atoms. The Kier molecular flexibility index (Phi) is 4.01. The summed E-state index contributed by atoms with van der Waals surface area (Å²) in [4.78, 5) is 18.8. The fraction of sp³-hybridized carbons (Fsp3) is 0.500. The number of benzene rings is 1. The van der Waals surface area contributed by atoms with Gasteiger partial charge in [-0.25, -0.2) is 4.98 Å². The van der Waals surface area contributed by atoms with Crippen LogP contribution in [-0.2, 0) is 11.2 Å². The monoisotopic (exact) mass is 288 g/mol. The van der Waals surface area contributed by atoms with Crippen molar-refractivity contribution in [2.45, 2.75) is 32.6 Å². The zero-order valence-electron chi connectivity index (χ0n) is 11.8. The molecule has 1 saturated heterocycles. The highest BCUT2D eigenvalue weighted by atomic mass is 32.1. The van der Waals surface area contributed by atoms with Crippen LogP contribution in [0.15, 0.2) is 24.3 Å². The van der Waals surface area contributed by atoms with E-state index in [9.17, 15) is 4.79 Å². The number of carbonyl (C=O) groups excluding carboxylic acids is 1. The minimum Gasteiger partial charge on any atom is -0.343 e. The van der Waals surface area contributed by atoms with E-state index in [1.165, 1.54) is 4.70 Å². The van der Waals surface area contributed by atoms with Crippen LogP contribution in [0.25, 0.3) is 10.2 Å². The standard InChI is InChI=1S/C16H20N2OS/c1-12-8-10-18(11-9-12)16(19)7-6-15-17-13-4-2-3-5-14(13)20-15/h2-5,12H,6-11H2,1H3. The molecule has 0 radical (unpaired) electrons. The molecule has 0 bridgehead atoms. The van der Waals surface area contributed by atoms with E-state index >= 15 is 0 Å². The number of hydrogen-bond acceptors (Lipinski definition) is 3. The Morgan fingerprint density at radius 2 is 2.10 bits per heavy atom. The maximum Gasteiger partial charge on any atom is 0.222 e. The lowest BCUT2D eigenvalue weighted by atomic mass is 9.99. The first-order valence-corrected chi connectivity index (χ1v) is 8.16. The average Bonchev–Trinajstić information content (AvgIpc) is 2.88. The molecule has 2 heterocycles. The number of fused-ring (bicyclic) bond motifs is 1. The van der Waals surface area contributed by atoms with E-state index in [-0.39, 0.29) is 5.91 Å². The Bertz CT molecular complexity index is 566. The van der Waals surface area contributed by atoms with Gasteiger partial charge in [-0.15, -0.1) is 11.3 Å². The largest absolute Gasteiger partial charge is 0.343 e. The lowest BCUT2D eigenvalue weighted by molar-refractivity contribution is -0.132. The number of likely N-dealkylation sites (tertiary alicyclic amines) is 1. The summed E-state index contributed by atoms with van der Waals surface area (Å²) in [6, 6.07) is 8.16. The molecule has 0 saturated carbocycles. The summed E-state index contributed by atoms with van der Waals surface area (Å²) < 4.78 is 1.21. The molecule has 1 aliphatic rings. The number of para-hydroxylation sites is 1. The van der Waals surface area contributed by atoms with Crippen molar-refractivity contribution in [1.82, 2.24) is 9.88 Å². The summed E-state index contributed by atoms with van der Waals surface area (Å²) in [5.41, 5.74) is 1.05. The molecule has 0 N–H and O–H groups in total. The van der Waals surface area contributed by atoms with Gasteiger partial charge in [0.15, 0.2) is 0 Å². The Balaban J connectivity index is 1.57. The minimum absolute atomic E-state index is 0.288. The molecule has 1 aromatic carbocycles. The van der Waals surface area contributed by atoms with E-state index < -0.39 is 0 Å². The zero-order chi connectivity index (χ0) is 13.9. The predicted molar refractivity (Wildman–Crippen MR) is 82.9 cm³/mol. The first-order valence-electron chi connectivity index (χ1n) is 7.34. The summed E-state index contributed by atoms with van der Waals surface area (Å²) in [6.07, 6.45) is 3.65. The summed E-state index contributed by atoms with van der Waals surface area (Å²) in [5, 5.41) is 1.07. The number of piperidine rings is 1. The Labute approximate surface area is 123 Å². The van der Waals surface area contributed by atoms with Gasteiger partial charge in [-0.3, -0.25) is 4.79 Å². The van der Waals surface area contributed by atoms with Gasteiger partial charge in [0.05, 0.1) is 15.2 Å². The fourth-order valence-corrected chi connectivity index (χ4v) is 3.62. The van der Waals surface area contributed by atoms with Crippen molar-refractivity contribution in [2.75, 3.05) is 13.1 Å². The van der Waals surface area contributed by atoms with E-state index in [0.717, 1.165) is 48.8 Å². The molecule has 0 unspecified atom stereocenters. The van der Waals surface area contributed by atoms with Crippen molar-refractivity contribution in [1.29, 1.82) is 0 Å². The number of aromatic nitrogens is 1. The first kappa shape index (κ1) is 13.6. The number of rotatable bonds is 3. The van der Waals surface area contributed by atoms with Gasteiger partial charge in [0, 0.05) is 25.9 Å². The topological polar surface area (TPSA) is 33.2 Å². The van der Waals surface area contributed by atoms with Gasteiger partial charge in [0.2, 0.25) is 5.91 Å². The average molecular weight is 288 g/mol. The molecular formula is C16H20N2OS. The molecule has 1 aromatic heterocycles. The minimum atomic E-state index is 0.288. The molecule has 3 nitrogen and oxygen atoms in total. The van der Waals surface area contributed by atoms with Gasteiger partial charge in [-0.05, 0) is 30.9 Å². The molecule has 0 atom stereocenters. The van der Waals surface area contributed by atoms with Gasteiger partial charge in [0.1, 0.15) is 0 Å². The van der Waals surface area contributed by atoms with Crippen LogP contribution in [0.4, 0.5) is 0 Å². The van der Waals surface area contributed by atoms with Crippen molar-refractivity contribution < 1.29 is 4.79 Å². The highest BCUT2D eigenvalue weighted by Crippen LogP contribution is 2.23. The molecule has 1 amide bonds. The first-order chi connectivity index (χ1) is 9.72. The number of hydrogen-bond donors (Lipinski definition) is 0. The lowest BCUT2D eigenvalue weighted by Gasteiger charge is -2.30. The summed E-state index contributed by atoms with van der Waals surface area (Å²) in [5.74, 6) is 1.06. The highest BCUT2D eigenvalue weighted by molar-refractivity contribution is 7.18. The van der Waals surface area contributed by atoms with Crippen molar-refractivity contribution >= 4 is 27.5 Å². The number of aryl methyl sites for hydroxylation is 1. The van der Waals surface area contributed by atoms with Crippen LogP contribution in [0.3, 0.4) is 0 Å². The van der Waals surface area contributed by atoms with Crippen LogP contribution in [0.2, 0.25) is 0 Å². The van der Waals surface area contributed by atoms with Crippen LogP contribution in [0.1, 0.15) is 31.2 Å². The van der Waals surface area contributed by atoms with Gasteiger partial charge in [-0.2, -0.15) is 0 Å². The molecule has 106 valence electrons. The quantitative estimate of drug-likeness (QED) is 0.866. The predicted octanol–water partition coefficient (Wildman–Crippen LogP) is 3.49. The smallest absolute Gasteiger partial charge is 0.222 e. The van der Waals surface area contributed by atoms with Crippen molar-refractivity contribution in [3.63, 3.8) is 0 Å². The van der Waals surface area contributed by atoms with Gasteiger partial charge in [-0.1, -0.05) is 19.1 Å². The van der Waals surface area contributed by atoms with Crippen molar-refractivity contribution in [3.8, 4) is 0 Å². The van der Waals surface area contributed by atoms with E-state index in [4.69, 9.17) is 0 Å². The van der Waals surface area contributed by atoms with Crippen LogP contribution in [0, 0.1) is 5.92 Å². The van der Waals surface area contributed by atoms with Crippen LogP contribution in [-0.4, -0.2) is 28.9 Å². The number of nitrogens with zero attached hydrogens (tertiary/aromatic N) is 2. The number of carbonyl (C=O) groups is 1. The van der Waals surface area contributed by atoms with E-state index in [1.54, 1.807) is 11.3 Å². The van der Waals surface area contributed by atoms with Crippen molar-refractivity contribution in [3.05, 3.63) is 29.3 Å². The SMILES string of the molecule is CC1CCN(C(=O)CCc2nc3ccccc3s2)CC1. The Hall–Kier alpha value is -1.42. The summed E-state index contributed by atoms with van der Waals surface area (Å²) in [7, 11) is 0. The van der Waals surface area contributed by atoms with Gasteiger partial charge >= 0.3 is 0 Å². The third-order valence-electron chi connectivity index (χ3n) is 4.03. The van der Waals surface area contributed by atoms with Crippen LogP contribution >= 0.6 is 11.3 Å². The second kappa shape index (κ2) is 5.92. The molecule has 1 fully saturated rings. The summed E-state index contributed by atoms with van der Waals surface area (Å²) >= 11 is 1.70. The van der Waals surface area contributed by atoms with Crippen molar-refractivity contribution in [2.24, 2.45) is 5.92 Å². The Morgan fingerprint density at radius 3 is 2.85 bits per heavy atom. The third-order valence-corrected chi connectivity index (χ3v) is 5.12. The molecule has 2 aromatic rings. The number of thiazole rings is 1. The molecule has 3 rings (SSSR count). The zero-order valence-corrected chi connectivity index (χ0v) is 12.7. The third kappa shape index (κ3) is 3.01. The van der Waals surface area contributed by atoms with Gasteiger partial charge < -0.3 is 4.90 Å². The molecule has 20 heavy (non-hydrogen) atoms. The number of amides is 1. The maximum atomic E-state index is 12.2. The molecular weight excluding hydrogens is 268 g/mol. The molecule has 0 aliphatic carbocycles. The maximum absolute atomic E-state index is 12.2. The van der Waals surface area contributed by atoms with Crippen LogP contribution < -0.4 is 0 Å². The second-order valence-electron chi connectivity index (χ2n) is 5.64. The lowest BCUT2D eigenvalue weighted by Crippen LogP contribution is -2.37. The van der Waals surface area contributed by atoms with Gasteiger partial charge in [0.25, 0.3) is 0 Å². The van der Waals surface area contributed by atoms with E-state index in [1.807, 2.05) is 23.1 Å². The van der Waals surface area contributed by atoms with E-state index in [2.05, 4.69) is 18.0 Å². The van der Waals surface area contributed by atoms with E-state index in [0.29, 0.717) is 6.42 Å².